The average molecular weight is 469 g/mol. The zero-order valence-electron chi connectivity index (χ0n) is 17.1. The van der Waals surface area contributed by atoms with Gasteiger partial charge < -0.3 is 4.74 Å². The van der Waals surface area contributed by atoms with Gasteiger partial charge in [-0.1, -0.05) is 42.8 Å². The quantitative estimate of drug-likeness (QED) is 0.363. The molecule has 5 nitrogen and oxygen atoms in total. The van der Waals surface area contributed by atoms with Crippen molar-refractivity contribution in [3.63, 3.8) is 0 Å². The van der Waals surface area contributed by atoms with Gasteiger partial charge in [-0.3, -0.25) is 4.79 Å². The number of nitroso groups, excluding NO2 is 1. The number of ketones is 1. The molecule has 2 aliphatic rings. The van der Waals surface area contributed by atoms with Gasteiger partial charge in [0.05, 0.1) is 6.42 Å². The van der Waals surface area contributed by atoms with Crippen LogP contribution < -0.4 is 0 Å². The van der Waals surface area contributed by atoms with Crippen molar-refractivity contribution in [2.24, 2.45) is 23.7 Å². The van der Waals surface area contributed by atoms with Gasteiger partial charge in [0.15, 0.2) is 0 Å². The molecule has 158 valence electrons. The first-order valence-corrected chi connectivity index (χ1v) is 11.1. The highest BCUT2D eigenvalue weighted by Gasteiger charge is 2.50. The van der Waals surface area contributed by atoms with Crippen molar-refractivity contribution < 1.29 is 23.5 Å². The minimum absolute atomic E-state index is 0.0286. The first-order chi connectivity index (χ1) is 13.7. The van der Waals surface area contributed by atoms with Crippen molar-refractivity contribution in [3.05, 3.63) is 39.0 Å². The highest BCUT2D eigenvalue weighted by Crippen LogP contribution is 2.41. The molecule has 0 amide bonds. The Morgan fingerprint density at radius 1 is 1.34 bits per heavy atom. The molecule has 1 aliphatic carbocycles. The summed E-state index contributed by atoms with van der Waals surface area (Å²) in [7, 11) is 0. The lowest BCUT2D eigenvalue weighted by Gasteiger charge is -2.43. The van der Waals surface area contributed by atoms with Gasteiger partial charge in [0.25, 0.3) is 0 Å². The normalized spacial score (nSPS) is 30.1. The van der Waals surface area contributed by atoms with Crippen molar-refractivity contribution in [3.8, 4) is 0 Å². The summed E-state index contributed by atoms with van der Waals surface area (Å²) >= 11 is 3.28. The van der Waals surface area contributed by atoms with Crippen LogP contribution in [0.25, 0.3) is 0 Å². The van der Waals surface area contributed by atoms with Crippen molar-refractivity contribution >= 4 is 27.7 Å². The molecule has 1 heterocycles. The number of nitrogens with zero attached hydrogens (tertiary/aromatic N) is 1. The minimum atomic E-state index is -1.36. The number of esters is 1. The number of carbonyl (C=O) groups is 2. The molecule has 1 aromatic rings. The van der Waals surface area contributed by atoms with Crippen LogP contribution in [0, 0.1) is 34.4 Å². The Morgan fingerprint density at radius 3 is 2.66 bits per heavy atom. The van der Waals surface area contributed by atoms with E-state index in [-0.39, 0.29) is 48.2 Å². The lowest BCUT2D eigenvalue weighted by atomic mass is 9.67. The summed E-state index contributed by atoms with van der Waals surface area (Å²) in [5.74, 6) is -0.907. The summed E-state index contributed by atoms with van der Waals surface area (Å²) in [6.45, 7) is 6.29. The SMILES string of the molecule is CC(C)C1CCC(C)C(Cc2ccc(Br)cc2F)C1OC(=O)C1C(=O)CC[N+]1=O. The summed E-state index contributed by atoms with van der Waals surface area (Å²) < 4.78 is 21.6. The Morgan fingerprint density at radius 2 is 2.07 bits per heavy atom. The highest BCUT2D eigenvalue weighted by molar-refractivity contribution is 9.10. The topological polar surface area (TPSA) is 63.5 Å². The van der Waals surface area contributed by atoms with Gasteiger partial charge in [0, 0.05) is 20.1 Å². The fourth-order valence-corrected chi connectivity index (χ4v) is 5.05. The molecule has 0 N–H and O–H groups in total. The van der Waals surface area contributed by atoms with Gasteiger partial charge >= 0.3 is 12.0 Å². The first-order valence-electron chi connectivity index (χ1n) is 10.3. The van der Waals surface area contributed by atoms with E-state index in [1.165, 1.54) is 6.07 Å². The van der Waals surface area contributed by atoms with Crippen molar-refractivity contribution in [1.29, 1.82) is 0 Å². The summed E-state index contributed by atoms with van der Waals surface area (Å²) in [4.78, 5) is 36.7. The third kappa shape index (κ3) is 4.76. The van der Waals surface area contributed by atoms with E-state index < -0.39 is 18.1 Å². The molecule has 5 unspecified atom stereocenters. The van der Waals surface area contributed by atoms with Crippen LogP contribution in [0.2, 0.25) is 0 Å². The Balaban J connectivity index is 1.87. The summed E-state index contributed by atoms with van der Waals surface area (Å²) in [5.41, 5.74) is 0.581. The van der Waals surface area contributed by atoms with Crippen LogP contribution in [-0.4, -0.2) is 35.2 Å². The summed E-state index contributed by atoms with van der Waals surface area (Å²) in [5, 5.41) is 0. The van der Waals surface area contributed by atoms with Crippen LogP contribution in [0.15, 0.2) is 22.7 Å². The van der Waals surface area contributed by atoms with Gasteiger partial charge in [0.2, 0.25) is 12.3 Å². The van der Waals surface area contributed by atoms with Gasteiger partial charge in [-0.25, -0.2) is 9.18 Å². The van der Waals surface area contributed by atoms with E-state index >= 15 is 0 Å². The molecule has 1 saturated carbocycles. The standard InChI is InChI=1S/C22H28BrFNO4/c1-12(2)16-7-4-13(3)17(10-14-5-6-15(23)11-18(14)24)21(16)29-22(27)20-19(26)8-9-25(20)28/h5-6,11-13,16-17,20-21H,4,7-10H2,1-3H3/q+1. The lowest BCUT2D eigenvalue weighted by Crippen LogP contribution is -2.47. The van der Waals surface area contributed by atoms with E-state index in [2.05, 4.69) is 36.7 Å². The molecule has 7 heteroatoms. The number of ether oxygens (including phenoxy) is 1. The second-order valence-electron chi connectivity index (χ2n) is 8.73. The van der Waals surface area contributed by atoms with Crippen molar-refractivity contribution in [2.75, 3.05) is 6.54 Å². The number of benzene rings is 1. The third-order valence-corrected chi connectivity index (χ3v) is 7.00. The Kier molecular flexibility index (Phi) is 6.87. The minimum Gasteiger partial charge on any atom is -0.456 e. The highest BCUT2D eigenvalue weighted by atomic mass is 79.9. The van der Waals surface area contributed by atoms with E-state index in [0.717, 1.165) is 12.8 Å². The summed E-state index contributed by atoms with van der Waals surface area (Å²) in [6, 6.07) is 3.64. The lowest BCUT2D eigenvalue weighted by molar-refractivity contribution is -0.547. The molecule has 1 saturated heterocycles. The fourth-order valence-electron chi connectivity index (χ4n) is 4.72. The van der Waals surface area contributed by atoms with Crippen LogP contribution in [0.4, 0.5) is 4.39 Å². The van der Waals surface area contributed by atoms with E-state index in [9.17, 15) is 18.9 Å². The van der Waals surface area contributed by atoms with Crippen molar-refractivity contribution in [1.82, 2.24) is 0 Å². The van der Waals surface area contributed by atoms with E-state index in [1.807, 2.05) is 0 Å². The van der Waals surface area contributed by atoms with Gasteiger partial charge in [-0.15, -0.1) is 0 Å². The maximum Gasteiger partial charge on any atom is 0.388 e. The Bertz CT molecular complexity index is 796. The number of halogens is 2. The van der Waals surface area contributed by atoms with Crippen LogP contribution in [0.1, 0.15) is 45.6 Å². The van der Waals surface area contributed by atoms with Gasteiger partial charge in [-0.2, -0.15) is 0 Å². The molecule has 3 rings (SSSR count). The average Bonchev–Trinajstić information content (AvgIpc) is 2.98. The molecule has 0 aromatic heterocycles. The molecule has 0 spiro atoms. The molecule has 0 radical (unpaired) electrons. The molecule has 29 heavy (non-hydrogen) atoms. The number of hydrogen-bond acceptors (Lipinski definition) is 4. The summed E-state index contributed by atoms with van der Waals surface area (Å²) in [6.07, 6.45) is 1.94. The molecule has 1 aliphatic heterocycles. The number of hydrogen-bond donors (Lipinski definition) is 0. The van der Waals surface area contributed by atoms with Crippen LogP contribution in [0.3, 0.4) is 0 Å². The zero-order valence-corrected chi connectivity index (χ0v) is 18.7. The number of carbonyl (C=O) groups excluding carboxylic acids is 2. The fraction of sp³-hybridized carbons (Fsp3) is 0.636. The van der Waals surface area contributed by atoms with E-state index in [1.54, 1.807) is 12.1 Å². The molecule has 5 atom stereocenters. The van der Waals surface area contributed by atoms with Crippen LogP contribution >= 0.6 is 15.9 Å². The second-order valence-corrected chi connectivity index (χ2v) is 9.64. The monoisotopic (exact) mass is 468 g/mol. The van der Waals surface area contributed by atoms with E-state index in [4.69, 9.17) is 4.74 Å². The molecule has 1 aromatic carbocycles. The molecule has 0 bridgehead atoms. The van der Waals surface area contributed by atoms with Crippen molar-refractivity contribution in [2.45, 2.75) is 58.6 Å². The number of Topliss-reactive ketones (excluding diaryl/α,β-unsaturated/α-hetero) is 1. The van der Waals surface area contributed by atoms with Gasteiger partial charge in [0.1, 0.15) is 11.9 Å². The largest absolute Gasteiger partial charge is 0.456 e. The molecule has 2 fully saturated rings. The smallest absolute Gasteiger partial charge is 0.388 e. The van der Waals surface area contributed by atoms with Crippen LogP contribution in [0.5, 0.6) is 0 Å². The Hall–Kier alpha value is -1.63. The number of rotatable bonds is 5. The molecular weight excluding hydrogens is 441 g/mol. The second kappa shape index (κ2) is 9.02. The molecular formula is C22H28BrFNO4+. The van der Waals surface area contributed by atoms with E-state index in [0.29, 0.717) is 21.2 Å². The predicted molar refractivity (Wildman–Crippen MR) is 110 cm³/mol. The third-order valence-electron chi connectivity index (χ3n) is 6.50. The van der Waals surface area contributed by atoms with Gasteiger partial charge in [-0.05, 0) is 54.7 Å². The maximum absolute atomic E-state index is 14.5. The maximum atomic E-state index is 14.5. The zero-order chi connectivity index (χ0) is 21.3. The van der Waals surface area contributed by atoms with Crippen LogP contribution in [-0.2, 0) is 20.7 Å². The first kappa shape index (κ1) is 22.1. The predicted octanol–water partition coefficient (Wildman–Crippen LogP) is 4.48. The Labute approximate surface area is 179 Å².